The molecular formula is C15H22FNO3. The molecule has 112 valence electrons. The average molecular weight is 283 g/mol. The Morgan fingerprint density at radius 1 is 1.45 bits per heavy atom. The van der Waals surface area contributed by atoms with Gasteiger partial charge >= 0.3 is 0 Å². The smallest absolute Gasteiger partial charge is 0.251 e. The van der Waals surface area contributed by atoms with E-state index in [2.05, 4.69) is 5.32 Å². The Morgan fingerprint density at radius 2 is 2.15 bits per heavy atom. The minimum Gasteiger partial charge on any atom is -0.396 e. The number of hydrogen-bond donors (Lipinski definition) is 2. The number of aliphatic hydroxyl groups is 1. The molecule has 5 heteroatoms. The first-order valence-electron chi connectivity index (χ1n) is 6.68. The standard InChI is InChI=1S/C15H22FNO3/c1-10(2)14(6-7-18)17-15(19)11-4-5-13(16)12(8-11)9-20-3/h4-5,8,10,14,18H,6-7,9H2,1-3H3,(H,17,19). The molecule has 0 spiro atoms. The van der Waals surface area contributed by atoms with Gasteiger partial charge in [0.1, 0.15) is 5.82 Å². The fraction of sp³-hybridized carbons (Fsp3) is 0.533. The van der Waals surface area contributed by atoms with Crippen LogP contribution in [0.4, 0.5) is 4.39 Å². The molecule has 0 aliphatic rings. The monoisotopic (exact) mass is 283 g/mol. The van der Waals surface area contributed by atoms with Gasteiger partial charge in [-0.2, -0.15) is 0 Å². The summed E-state index contributed by atoms with van der Waals surface area (Å²) < 4.78 is 18.4. The molecule has 0 saturated carbocycles. The van der Waals surface area contributed by atoms with Gasteiger partial charge in [0.05, 0.1) is 6.61 Å². The van der Waals surface area contributed by atoms with Crippen LogP contribution in [0, 0.1) is 11.7 Å². The van der Waals surface area contributed by atoms with Gasteiger partial charge < -0.3 is 15.2 Å². The molecule has 0 heterocycles. The second kappa shape index (κ2) is 7.97. The molecule has 1 amide bonds. The lowest BCUT2D eigenvalue weighted by Gasteiger charge is -2.21. The zero-order valence-corrected chi connectivity index (χ0v) is 12.1. The predicted molar refractivity (Wildman–Crippen MR) is 74.9 cm³/mol. The number of methoxy groups -OCH3 is 1. The molecule has 0 bridgehead atoms. The van der Waals surface area contributed by atoms with Gasteiger partial charge in [-0.05, 0) is 30.5 Å². The van der Waals surface area contributed by atoms with Crippen molar-refractivity contribution in [2.75, 3.05) is 13.7 Å². The summed E-state index contributed by atoms with van der Waals surface area (Å²) in [7, 11) is 1.47. The van der Waals surface area contributed by atoms with Crippen LogP contribution in [-0.2, 0) is 11.3 Å². The molecule has 4 nitrogen and oxygen atoms in total. The molecule has 0 aliphatic carbocycles. The molecule has 1 aromatic carbocycles. The number of aliphatic hydroxyl groups excluding tert-OH is 1. The minimum atomic E-state index is -0.390. The number of carbonyl (C=O) groups excluding carboxylic acids is 1. The first-order valence-corrected chi connectivity index (χ1v) is 6.68. The molecule has 0 aliphatic heterocycles. The number of halogens is 1. The second-order valence-electron chi connectivity index (χ2n) is 5.08. The third-order valence-corrected chi connectivity index (χ3v) is 3.17. The molecule has 1 atom stereocenters. The fourth-order valence-corrected chi connectivity index (χ4v) is 1.95. The second-order valence-corrected chi connectivity index (χ2v) is 5.08. The SMILES string of the molecule is COCc1cc(C(=O)NC(CCO)C(C)C)ccc1F. The quantitative estimate of drug-likeness (QED) is 0.805. The number of hydrogen-bond acceptors (Lipinski definition) is 3. The molecule has 1 aromatic rings. The topological polar surface area (TPSA) is 58.6 Å². The zero-order chi connectivity index (χ0) is 15.1. The Balaban J connectivity index is 2.83. The first kappa shape index (κ1) is 16.6. The Morgan fingerprint density at radius 3 is 2.70 bits per heavy atom. The van der Waals surface area contributed by atoms with Gasteiger partial charge in [0.2, 0.25) is 0 Å². The summed E-state index contributed by atoms with van der Waals surface area (Å²) in [5, 5.41) is 11.9. The third kappa shape index (κ3) is 4.58. The van der Waals surface area contributed by atoms with Crippen LogP contribution >= 0.6 is 0 Å². The van der Waals surface area contributed by atoms with E-state index in [0.717, 1.165) is 0 Å². The maximum Gasteiger partial charge on any atom is 0.251 e. The lowest BCUT2D eigenvalue weighted by atomic mass is 10.0. The Kier molecular flexibility index (Phi) is 6.61. The average Bonchev–Trinajstić information content (AvgIpc) is 2.40. The minimum absolute atomic E-state index is 0.0153. The number of ether oxygens (including phenoxy) is 1. The Bertz CT molecular complexity index is 449. The number of amides is 1. The molecular weight excluding hydrogens is 261 g/mol. The molecule has 0 radical (unpaired) electrons. The van der Waals surface area contributed by atoms with E-state index in [1.165, 1.54) is 25.3 Å². The van der Waals surface area contributed by atoms with Crippen molar-refractivity contribution in [1.29, 1.82) is 0 Å². The van der Waals surface area contributed by atoms with Gasteiger partial charge in [-0.1, -0.05) is 13.8 Å². The van der Waals surface area contributed by atoms with E-state index in [0.29, 0.717) is 17.5 Å². The summed E-state index contributed by atoms with van der Waals surface area (Å²) in [5.41, 5.74) is 0.741. The van der Waals surface area contributed by atoms with E-state index >= 15 is 0 Å². The molecule has 1 rings (SSSR count). The van der Waals surface area contributed by atoms with Crippen molar-refractivity contribution in [3.8, 4) is 0 Å². The molecule has 0 aromatic heterocycles. The summed E-state index contributed by atoms with van der Waals surface area (Å²) >= 11 is 0. The highest BCUT2D eigenvalue weighted by Gasteiger charge is 2.17. The molecule has 2 N–H and O–H groups in total. The van der Waals surface area contributed by atoms with Gasteiger partial charge in [0.15, 0.2) is 0 Å². The van der Waals surface area contributed by atoms with Crippen molar-refractivity contribution in [2.24, 2.45) is 5.92 Å². The maximum absolute atomic E-state index is 13.5. The van der Waals surface area contributed by atoms with E-state index in [4.69, 9.17) is 9.84 Å². The van der Waals surface area contributed by atoms with Crippen molar-refractivity contribution in [3.05, 3.63) is 35.1 Å². The summed E-state index contributed by atoms with van der Waals surface area (Å²) in [5.74, 6) is -0.446. The predicted octanol–water partition coefficient (Wildman–Crippen LogP) is 2.11. The molecule has 0 saturated heterocycles. The number of nitrogens with one attached hydrogen (secondary N) is 1. The van der Waals surface area contributed by atoms with Crippen LogP contribution < -0.4 is 5.32 Å². The number of rotatable bonds is 7. The van der Waals surface area contributed by atoms with E-state index < -0.39 is 0 Å². The van der Waals surface area contributed by atoms with Crippen LogP contribution in [0.3, 0.4) is 0 Å². The van der Waals surface area contributed by atoms with Crippen LogP contribution in [0.15, 0.2) is 18.2 Å². The van der Waals surface area contributed by atoms with Crippen LogP contribution in [0.1, 0.15) is 36.2 Å². The van der Waals surface area contributed by atoms with Crippen LogP contribution in [0.2, 0.25) is 0 Å². The van der Waals surface area contributed by atoms with E-state index in [9.17, 15) is 9.18 Å². The summed E-state index contributed by atoms with van der Waals surface area (Å²) in [6.07, 6.45) is 0.496. The normalized spacial score (nSPS) is 12.5. The van der Waals surface area contributed by atoms with Gasteiger partial charge in [-0.3, -0.25) is 4.79 Å². The van der Waals surface area contributed by atoms with Gasteiger partial charge in [0, 0.05) is 30.9 Å². The van der Waals surface area contributed by atoms with Crippen LogP contribution in [-0.4, -0.2) is 30.8 Å². The van der Waals surface area contributed by atoms with Crippen molar-refractivity contribution in [3.63, 3.8) is 0 Å². The molecule has 20 heavy (non-hydrogen) atoms. The maximum atomic E-state index is 13.5. The lowest BCUT2D eigenvalue weighted by molar-refractivity contribution is 0.0916. The van der Waals surface area contributed by atoms with Gasteiger partial charge in [0.25, 0.3) is 5.91 Å². The van der Waals surface area contributed by atoms with Gasteiger partial charge in [-0.15, -0.1) is 0 Å². The largest absolute Gasteiger partial charge is 0.396 e. The van der Waals surface area contributed by atoms with Crippen LogP contribution in [0.5, 0.6) is 0 Å². The van der Waals surface area contributed by atoms with Crippen molar-refractivity contribution in [1.82, 2.24) is 5.32 Å². The van der Waals surface area contributed by atoms with Crippen molar-refractivity contribution >= 4 is 5.91 Å². The fourth-order valence-electron chi connectivity index (χ4n) is 1.95. The first-order chi connectivity index (χ1) is 9.49. The highest BCUT2D eigenvalue weighted by atomic mass is 19.1. The third-order valence-electron chi connectivity index (χ3n) is 3.17. The Hall–Kier alpha value is -1.46. The van der Waals surface area contributed by atoms with Crippen molar-refractivity contribution in [2.45, 2.75) is 32.9 Å². The lowest BCUT2D eigenvalue weighted by Crippen LogP contribution is -2.39. The number of benzene rings is 1. The highest BCUT2D eigenvalue weighted by molar-refractivity contribution is 5.94. The van der Waals surface area contributed by atoms with E-state index in [1.807, 2.05) is 13.8 Å². The summed E-state index contributed by atoms with van der Waals surface area (Å²) in [4.78, 5) is 12.1. The van der Waals surface area contributed by atoms with E-state index in [1.54, 1.807) is 0 Å². The molecule has 1 unspecified atom stereocenters. The summed E-state index contributed by atoms with van der Waals surface area (Å²) in [6, 6.07) is 4.09. The highest BCUT2D eigenvalue weighted by Crippen LogP contribution is 2.13. The van der Waals surface area contributed by atoms with Crippen LogP contribution in [0.25, 0.3) is 0 Å². The summed E-state index contributed by atoms with van der Waals surface area (Å²) in [6.45, 7) is 4.09. The number of carbonyl (C=O) groups is 1. The van der Waals surface area contributed by atoms with Crippen molar-refractivity contribution < 1.29 is 19.0 Å². The Labute approximate surface area is 119 Å². The van der Waals surface area contributed by atoms with E-state index in [-0.39, 0.29) is 36.9 Å². The zero-order valence-electron chi connectivity index (χ0n) is 12.1. The van der Waals surface area contributed by atoms with Gasteiger partial charge in [-0.25, -0.2) is 4.39 Å². The molecule has 0 fully saturated rings.